The van der Waals surface area contributed by atoms with Gasteiger partial charge < -0.3 is 14.8 Å². The van der Waals surface area contributed by atoms with Gasteiger partial charge in [-0.3, -0.25) is 4.79 Å². The second-order valence-electron chi connectivity index (χ2n) is 5.87. The Morgan fingerprint density at radius 3 is 2.76 bits per heavy atom. The van der Waals surface area contributed by atoms with E-state index in [-0.39, 0.29) is 12.5 Å². The molecule has 0 saturated heterocycles. The average Bonchev–Trinajstić information content (AvgIpc) is 3.02. The Balaban J connectivity index is 1.74. The van der Waals surface area contributed by atoms with E-state index in [1.807, 2.05) is 31.2 Å². The van der Waals surface area contributed by atoms with Crippen molar-refractivity contribution in [2.45, 2.75) is 25.9 Å². The molecule has 1 heterocycles. The molecule has 3 rings (SSSR count). The van der Waals surface area contributed by atoms with Crippen LogP contribution in [0, 0.1) is 0 Å². The van der Waals surface area contributed by atoms with Gasteiger partial charge in [-0.05, 0) is 42.3 Å². The molecule has 0 aliphatic rings. The van der Waals surface area contributed by atoms with Gasteiger partial charge in [0.15, 0.2) is 11.5 Å². The van der Waals surface area contributed by atoms with Crippen molar-refractivity contribution in [2.75, 3.05) is 6.54 Å². The zero-order valence-electron chi connectivity index (χ0n) is 13.8. The van der Waals surface area contributed by atoms with Crippen LogP contribution < -0.4 is 5.32 Å². The first-order chi connectivity index (χ1) is 12.0. The number of fused-ring (bicyclic) bond motifs is 1. The zero-order valence-corrected chi connectivity index (χ0v) is 14.6. The standard InChI is InChI=1S/C19H19ClN2O3/c1-2-15(23)11-21-19(24)13-5-8-17-16(10-13)22-18(25-17)9-12-3-6-14(20)7-4-12/h3-8,10,15,23H,2,9,11H2,1H3,(H,21,24). The summed E-state index contributed by atoms with van der Waals surface area (Å²) in [5.41, 5.74) is 2.80. The number of amides is 1. The summed E-state index contributed by atoms with van der Waals surface area (Å²) in [6.07, 6.45) is 0.609. The molecule has 0 saturated carbocycles. The number of rotatable bonds is 6. The highest BCUT2D eigenvalue weighted by Crippen LogP contribution is 2.20. The lowest BCUT2D eigenvalue weighted by atomic mass is 10.1. The van der Waals surface area contributed by atoms with E-state index in [9.17, 15) is 9.90 Å². The number of carbonyl (C=O) groups is 1. The van der Waals surface area contributed by atoms with Gasteiger partial charge in [-0.2, -0.15) is 0 Å². The van der Waals surface area contributed by atoms with Crippen molar-refractivity contribution >= 4 is 28.6 Å². The second-order valence-corrected chi connectivity index (χ2v) is 6.30. The summed E-state index contributed by atoms with van der Waals surface area (Å²) in [7, 11) is 0. The van der Waals surface area contributed by atoms with Gasteiger partial charge in [-0.15, -0.1) is 0 Å². The quantitative estimate of drug-likeness (QED) is 0.706. The Morgan fingerprint density at radius 1 is 1.28 bits per heavy atom. The van der Waals surface area contributed by atoms with Gasteiger partial charge >= 0.3 is 0 Å². The van der Waals surface area contributed by atoms with Crippen LogP contribution in [-0.2, 0) is 6.42 Å². The smallest absolute Gasteiger partial charge is 0.251 e. The fourth-order valence-corrected chi connectivity index (χ4v) is 2.55. The van der Waals surface area contributed by atoms with Crippen molar-refractivity contribution in [1.82, 2.24) is 10.3 Å². The summed E-state index contributed by atoms with van der Waals surface area (Å²) in [5, 5.41) is 12.9. The third kappa shape index (κ3) is 4.38. The van der Waals surface area contributed by atoms with E-state index in [0.29, 0.717) is 40.4 Å². The number of oxazole rings is 1. The van der Waals surface area contributed by atoms with Crippen LogP contribution >= 0.6 is 11.6 Å². The lowest BCUT2D eigenvalue weighted by Gasteiger charge is -2.09. The van der Waals surface area contributed by atoms with Crippen molar-refractivity contribution in [3.8, 4) is 0 Å². The first-order valence-electron chi connectivity index (χ1n) is 8.15. The Kier molecular flexibility index (Phi) is 5.36. The van der Waals surface area contributed by atoms with E-state index in [2.05, 4.69) is 10.3 Å². The van der Waals surface area contributed by atoms with Gasteiger partial charge in [0.05, 0.1) is 6.10 Å². The number of nitrogens with zero attached hydrogens (tertiary/aromatic N) is 1. The van der Waals surface area contributed by atoms with Crippen LogP contribution in [0.4, 0.5) is 0 Å². The van der Waals surface area contributed by atoms with E-state index < -0.39 is 6.10 Å². The summed E-state index contributed by atoms with van der Waals surface area (Å²) < 4.78 is 5.74. The zero-order chi connectivity index (χ0) is 17.8. The van der Waals surface area contributed by atoms with Gasteiger partial charge in [-0.25, -0.2) is 4.98 Å². The minimum absolute atomic E-state index is 0.230. The van der Waals surface area contributed by atoms with Crippen molar-refractivity contribution in [1.29, 1.82) is 0 Å². The Labute approximate surface area is 150 Å². The Bertz CT molecular complexity index is 874. The molecule has 1 aromatic heterocycles. The number of aromatic nitrogens is 1. The number of benzene rings is 2. The maximum absolute atomic E-state index is 12.1. The molecule has 0 fully saturated rings. The van der Waals surface area contributed by atoms with E-state index >= 15 is 0 Å². The average molecular weight is 359 g/mol. The van der Waals surface area contributed by atoms with E-state index in [1.165, 1.54) is 0 Å². The highest BCUT2D eigenvalue weighted by atomic mass is 35.5. The van der Waals surface area contributed by atoms with Gasteiger partial charge in [0.1, 0.15) is 5.52 Å². The first-order valence-corrected chi connectivity index (χ1v) is 8.53. The van der Waals surface area contributed by atoms with Crippen molar-refractivity contribution in [3.63, 3.8) is 0 Å². The molecule has 0 aliphatic carbocycles. The molecule has 0 bridgehead atoms. The highest BCUT2D eigenvalue weighted by molar-refractivity contribution is 6.30. The topological polar surface area (TPSA) is 75.4 Å². The highest BCUT2D eigenvalue weighted by Gasteiger charge is 2.12. The predicted octanol–water partition coefficient (Wildman–Crippen LogP) is 3.57. The lowest BCUT2D eigenvalue weighted by Crippen LogP contribution is -2.31. The molecular formula is C19H19ClN2O3. The first kappa shape index (κ1) is 17.5. The lowest BCUT2D eigenvalue weighted by molar-refractivity contribution is 0.0914. The molecule has 25 heavy (non-hydrogen) atoms. The third-order valence-corrected chi connectivity index (χ3v) is 4.18. The number of hydrogen-bond donors (Lipinski definition) is 2. The van der Waals surface area contributed by atoms with E-state index in [1.54, 1.807) is 18.2 Å². The van der Waals surface area contributed by atoms with Crippen LogP contribution in [0.2, 0.25) is 5.02 Å². The SMILES string of the molecule is CCC(O)CNC(=O)c1ccc2oc(Cc3ccc(Cl)cc3)nc2c1. The molecule has 130 valence electrons. The summed E-state index contributed by atoms with van der Waals surface area (Å²) in [5.74, 6) is 0.341. The number of nitrogens with one attached hydrogen (secondary N) is 1. The third-order valence-electron chi connectivity index (χ3n) is 3.93. The van der Waals surface area contributed by atoms with E-state index in [4.69, 9.17) is 16.0 Å². The summed E-state index contributed by atoms with van der Waals surface area (Å²) in [4.78, 5) is 16.6. The fraction of sp³-hybridized carbons (Fsp3) is 0.263. The largest absolute Gasteiger partial charge is 0.440 e. The van der Waals surface area contributed by atoms with Crippen LogP contribution in [-0.4, -0.2) is 28.6 Å². The van der Waals surface area contributed by atoms with Crippen molar-refractivity contribution in [2.24, 2.45) is 0 Å². The van der Waals surface area contributed by atoms with Crippen molar-refractivity contribution < 1.29 is 14.3 Å². The van der Waals surface area contributed by atoms with Gasteiger partial charge in [0.25, 0.3) is 5.91 Å². The normalized spacial score (nSPS) is 12.3. The molecule has 6 heteroatoms. The maximum Gasteiger partial charge on any atom is 0.251 e. The predicted molar refractivity (Wildman–Crippen MR) is 96.9 cm³/mol. The van der Waals surface area contributed by atoms with Gasteiger partial charge in [-0.1, -0.05) is 30.7 Å². The fourth-order valence-electron chi connectivity index (χ4n) is 2.43. The van der Waals surface area contributed by atoms with Crippen LogP contribution in [0.25, 0.3) is 11.1 Å². The summed E-state index contributed by atoms with van der Waals surface area (Å²) >= 11 is 5.89. The molecule has 0 spiro atoms. The van der Waals surface area contributed by atoms with Crippen LogP contribution in [0.15, 0.2) is 46.9 Å². The molecule has 5 nitrogen and oxygen atoms in total. The Morgan fingerprint density at radius 2 is 2.04 bits per heavy atom. The van der Waals surface area contributed by atoms with Gasteiger partial charge in [0.2, 0.25) is 0 Å². The molecule has 1 atom stereocenters. The van der Waals surface area contributed by atoms with Crippen LogP contribution in [0.1, 0.15) is 35.2 Å². The molecule has 0 aliphatic heterocycles. The number of hydrogen-bond acceptors (Lipinski definition) is 4. The minimum atomic E-state index is -0.536. The molecule has 3 aromatic rings. The number of aliphatic hydroxyl groups is 1. The number of aliphatic hydroxyl groups excluding tert-OH is 1. The molecule has 2 aromatic carbocycles. The van der Waals surface area contributed by atoms with Gasteiger partial charge in [0, 0.05) is 23.6 Å². The molecule has 0 radical (unpaired) electrons. The molecule has 1 amide bonds. The number of carbonyl (C=O) groups excluding carboxylic acids is 1. The van der Waals surface area contributed by atoms with E-state index in [0.717, 1.165) is 5.56 Å². The maximum atomic E-state index is 12.1. The van der Waals surface area contributed by atoms with Crippen LogP contribution in [0.3, 0.4) is 0 Å². The van der Waals surface area contributed by atoms with Crippen molar-refractivity contribution in [3.05, 3.63) is 64.5 Å². The van der Waals surface area contributed by atoms with Crippen LogP contribution in [0.5, 0.6) is 0 Å². The Hall–Kier alpha value is -2.37. The minimum Gasteiger partial charge on any atom is -0.440 e. The molecule has 1 unspecified atom stereocenters. The monoisotopic (exact) mass is 358 g/mol. The second kappa shape index (κ2) is 7.68. The molecular weight excluding hydrogens is 340 g/mol. The summed E-state index contributed by atoms with van der Waals surface area (Å²) in [6, 6.07) is 12.6. The molecule has 2 N–H and O–H groups in total. The summed E-state index contributed by atoms with van der Waals surface area (Å²) in [6.45, 7) is 2.09. The number of halogens is 1.